The monoisotopic (exact) mass is 490 g/mol. The summed E-state index contributed by atoms with van der Waals surface area (Å²) in [5, 5.41) is 8.46. The van der Waals surface area contributed by atoms with Crippen LogP contribution in [0.15, 0.2) is 29.3 Å². The molecule has 0 saturated heterocycles. The third-order valence-corrected chi connectivity index (χ3v) is 6.65. The normalized spacial score (nSPS) is 11.8. The maximum absolute atomic E-state index is 8.46. The highest BCUT2D eigenvalue weighted by molar-refractivity contribution is 5.75. The lowest BCUT2D eigenvalue weighted by Crippen LogP contribution is -2.16. The molecule has 1 aromatic rings. The van der Waals surface area contributed by atoms with Crippen LogP contribution in [0.2, 0.25) is 0 Å². The molecule has 0 heterocycles. The van der Waals surface area contributed by atoms with Crippen molar-refractivity contribution >= 4 is 11.7 Å². The van der Waals surface area contributed by atoms with Gasteiger partial charge in [0.1, 0.15) is 6.61 Å². The number of nitrogens with zero attached hydrogens (tertiary/aromatic N) is 1. The van der Waals surface area contributed by atoms with E-state index < -0.39 is 0 Å². The number of aliphatic imine (C=N–C) groups is 1. The van der Waals surface area contributed by atoms with Gasteiger partial charge in [0.2, 0.25) is 0 Å². The summed E-state index contributed by atoms with van der Waals surface area (Å²) in [6.07, 6.45) is 27.6. The predicted octanol–water partition coefficient (Wildman–Crippen LogP) is 9.46. The molecule has 1 aromatic carbocycles. The fourth-order valence-corrected chi connectivity index (χ4v) is 4.43. The highest BCUT2D eigenvalue weighted by Crippen LogP contribution is 2.16. The molecule has 0 bridgehead atoms. The average molecular weight is 491 g/mol. The first-order valence-electron chi connectivity index (χ1n) is 14.6. The molecule has 5 nitrogen and oxygen atoms in total. The summed E-state index contributed by atoms with van der Waals surface area (Å²) < 4.78 is 5.52. The fourth-order valence-electron chi connectivity index (χ4n) is 4.43. The van der Waals surface area contributed by atoms with Gasteiger partial charge in [-0.15, -0.1) is 0 Å². The van der Waals surface area contributed by atoms with E-state index in [9.17, 15) is 0 Å². The molecule has 0 saturated carbocycles. The number of nitrogens with two attached hydrogens (primary N) is 1. The summed E-state index contributed by atoms with van der Waals surface area (Å²) in [7, 11) is 0. The molecule has 5 heteroatoms. The number of unbranched alkanes of at least 4 members (excludes halogenated alkanes) is 19. The van der Waals surface area contributed by atoms with Gasteiger partial charge < -0.3 is 10.5 Å². The topological polar surface area (TPSA) is 77.1 Å². The van der Waals surface area contributed by atoms with E-state index >= 15 is 0 Å². The lowest BCUT2D eigenvalue weighted by atomic mass is 10.0. The third-order valence-electron chi connectivity index (χ3n) is 6.65. The molecular formula is C30H54N2O3. The Morgan fingerprint density at radius 2 is 1.06 bits per heavy atom. The van der Waals surface area contributed by atoms with E-state index in [1.165, 1.54) is 122 Å². The van der Waals surface area contributed by atoms with Gasteiger partial charge in [0.15, 0.2) is 0 Å². The number of ether oxygens (including phenoxy) is 1. The molecular weight excluding hydrogens is 436 g/mol. The van der Waals surface area contributed by atoms with E-state index in [0.717, 1.165) is 17.7 Å². The first-order chi connectivity index (χ1) is 17.3. The number of rotatable bonds is 24. The summed E-state index contributed by atoms with van der Waals surface area (Å²) in [6.45, 7) is 3.07. The van der Waals surface area contributed by atoms with E-state index in [1.807, 2.05) is 24.3 Å². The van der Waals surface area contributed by atoms with Crippen LogP contribution in [0, 0.1) is 0 Å². The van der Waals surface area contributed by atoms with Gasteiger partial charge >= 0.3 is 0 Å². The zero-order valence-electron chi connectivity index (χ0n) is 22.7. The van der Waals surface area contributed by atoms with Crippen molar-refractivity contribution in [3.63, 3.8) is 0 Å². The summed E-state index contributed by atoms with van der Waals surface area (Å²) >= 11 is 0. The van der Waals surface area contributed by atoms with Gasteiger partial charge in [0.25, 0.3) is 6.02 Å². The second-order valence-corrected chi connectivity index (χ2v) is 9.96. The second kappa shape index (κ2) is 24.1. The second-order valence-electron chi connectivity index (χ2n) is 9.96. The summed E-state index contributed by atoms with van der Waals surface area (Å²) in [5.74, 6) is 0. The van der Waals surface area contributed by atoms with E-state index in [0.29, 0.717) is 6.61 Å². The van der Waals surface area contributed by atoms with Gasteiger partial charge in [-0.1, -0.05) is 141 Å². The first kappa shape index (κ1) is 31.4. The van der Waals surface area contributed by atoms with Gasteiger partial charge in [-0.05, 0) is 24.1 Å². The van der Waals surface area contributed by atoms with Crippen LogP contribution in [-0.4, -0.2) is 17.9 Å². The zero-order valence-corrected chi connectivity index (χ0v) is 22.7. The van der Waals surface area contributed by atoms with E-state index in [4.69, 9.17) is 15.7 Å². The molecule has 0 unspecified atom stereocenters. The Balaban J connectivity index is 1.80. The van der Waals surface area contributed by atoms with Crippen molar-refractivity contribution in [2.24, 2.45) is 10.7 Å². The minimum Gasteiger partial charge on any atom is -0.465 e. The summed E-state index contributed by atoms with van der Waals surface area (Å²) in [6, 6.07) is 7.52. The van der Waals surface area contributed by atoms with E-state index in [2.05, 4.69) is 16.8 Å². The minimum absolute atomic E-state index is 0.162. The average Bonchev–Trinajstić information content (AvgIpc) is 2.86. The molecule has 0 aliphatic rings. The van der Waals surface area contributed by atoms with Crippen molar-refractivity contribution < 1.29 is 14.9 Å². The van der Waals surface area contributed by atoms with Crippen molar-refractivity contribution in [1.29, 1.82) is 0 Å². The van der Waals surface area contributed by atoms with Gasteiger partial charge in [-0.2, -0.15) is 4.99 Å². The maximum Gasteiger partial charge on any atom is 0.287 e. The van der Waals surface area contributed by atoms with Gasteiger partial charge in [-0.3, -0.25) is 5.26 Å². The van der Waals surface area contributed by atoms with Crippen molar-refractivity contribution in [1.82, 2.24) is 0 Å². The predicted molar refractivity (Wildman–Crippen MR) is 149 cm³/mol. The first-order valence-corrected chi connectivity index (χ1v) is 14.6. The van der Waals surface area contributed by atoms with Gasteiger partial charge in [0, 0.05) is 0 Å². The highest BCUT2D eigenvalue weighted by atomic mass is 17.1. The molecule has 0 amide bonds. The quantitative estimate of drug-likeness (QED) is 0.0497. The molecule has 0 aliphatic carbocycles. The Bertz CT molecular complexity index is 604. The molecule has 202 valence electrons. The van der Waals surface area contributed by atoms with Crippen molar-refractivity contribution in [2.75, 3.05) is 6.61 Å². The van der Waals surface area contributed by atoms with E-state index in [1.54, 1.807) is 0 Å². The van der Waals surface area contributed by atoms with Crippen LogP contribution in [0.3, 0.4) is 0 Å². The Morgan fingerprint density at radius 1 is 0.657 bits per heavy atom. The van der Waals surface area contributed by atoms with Gasteiger partial charge in [-0.25, -0.2) is 4.89 Å². The smallest absolute Gasteiger partial charge is 0.287 e. The van der Waals surface area contributed by atoms with Crippen LogP contribution in [-0.2, 0) is 16.2 Å². The van der Waals surface area contributed by atoms with Crippen LogP contribution in [0.25, 0.3) is 0 Å². The Morgan fingerprint density at radius 3 is 1.46 bits per heavy atom. The molecule has 3 N–H and O–H groups in total. The number of amidine groups is 1. The largest absolute Gasteiger partial charge is 0.465 e. The van der Waals surface area contributed by atoms with Crippen molar-refractivity contribution in [2.45, 2.75) is 142 Å². The lowest BCUT2D eigenvalue weighted by molar-refractivity contribution is -0.253. The Kier molecular flexibility index (Phi) is 21.7. The molecule has 1 rings (SSSR count). The number of benzene rings is 1. The zero-order chi connectivity index (χ0) is 25.2. The third kappa shape index (κ3) is 20.3. The van der Waals surface area contributed by atoms with Crippen molar-refractivity contribution in [3.8, 4) is 0 Å². The Hall–Kier alpha value is -1.59. The number of hydrogen-bond donors (Lipinski definition) is 2. The molecule has 0 atom stereocenters. The standard InChI is InChI=1S/C30H54N2O3/c1-2-3-4-5-6-7-8-9-10-11-12-13-14-15-16-17-18-19-20-21-26-34-30(31)32-29-24-22-28(23-25-29)27-35-33/h22-25,33H,2-21,26-27H2,1H3,(H2,31,32). The molecule has 0 radical (unpaired) electrons. The molecule has 0 aromatic heterocycles. The van der Waals surface area contributed by atoms with Crippen LogP contribution < -0.4 is 5.73 Å². The van der Waals surface area contributed by atoms with E-state index in [-0.39, 0.29) is 12.6 Å². The Labute approximate surface area is 215 Å². The SMILES string of the molecule is CCCCCCCCCCCCCCCCCCCCCCOC(N)=Nc1ccc(COO)cc1. The molecule has 0 spiro atoms. The van der Waals surface area contributed by atoms with Crippen LogP contribution in [0.5, 0.6) is 0 Å². The molecule has 35 heavy (non-hydrogen) atoms. The van der Waals surface area contributed by atoms with Crippen LogP contribution >= 0.6 is 0 Å². The maximum atomic E-state index is 8.46. The summed E-state index contributed by atoms with van der Waals surface area (Å²) in [5.41, 5.74) is 7.45. The molecule has 0 aliphatic heterocycles. The summed E-state index contributed by atoms with van der Waals surface area (Å²) in [4.78, 5) is 8.37. The van der Waals surface area contributed by atoms with Gasteiger partial charge in [0.05, 0.1) is 12.3 Å². The minimum atomic E-state index is 0.162. The van der Waals surface area contributed by atoms with Crippen molar-refractivity contribution in [3.05, 3.63) is 29.8 Å². The number of hydrogen-bond acceptors (Lipinski definition) is 4. The fraction of sp³-hybridized carbons (Fsp3) is 0.767. The molecule has 0 fully saturated rings. The van der Waals surface area contributed by atoms with Crippen LogP contribution in [0.4, 0.5) is 5.69 Å². The van der Waals surface area contributed by atoms with Crippen LogP contribution in [0.1, 0.15) is 141 Å². The highest BCUT2D eigenvalue weighted by Gasteiger charge is 1.99. The lowest BCUT2D eigenvalue weighted by Gasteiger charge is -2.06.